The predicted molar refractivity (Wildman–Crippen MR) is 85.2 cm³/mol. The fraction of sp³-hybridized carbons (Fsp3) is 0.400. The van der Waals surface area contributed by atoms with Crippen LogP contribution in [0.1, 0.15) is 41.6 Å². The lowest BCUT2D eigenvalue weighted by molar-refractivity contribution is -0.137. The topological polar surface area (TPSA) is 62.7 Å². The molecule has 10 heteroatoms. The highest BCUT2D eigenvalue weighted by molar-refractivity contribution is 7.71. The quantitative estimate of drug-likeness (QED) is 0.619. The molecule has 25 heavy (non-hydrogen) atoms. The van der Waals surface area contributed by atoms with E-state index in [9.17, 15) is 22.4 Å². The minimum absolute atomic E-state index is 0.0644. The van der Waals surface area contributed by atoms with Gasteiger partial charge >= 0.3 is 6.18 Å². The lowest BCUT2D eigenvalue weighted by Gasteiger charge is -2.11. The Labute approximate surface area is 146 Å². The Balaban J connectivity index is 2.07. The number of hydrogen-bond acceptors (Lipinski definition) is 3. The van der Waals surface area contributed by atoms with Crippen LogP contribution in [0.25, 0.3) is 0 Å². The molecule has 0 unspecified atom stereocenters. The Morgan fingerprint density at radius 1 is 1.36 bits per heavy atom. The number of nitrogens with zero attached hydrogens (tertiary/aromatic N) is 2. The molecule has 0 saturated carbocycles. The SMILES string of the molecule is CC(C)n1c(CCNC(=O)c2cc(F)cc(C(F)(F)F)c2)n[nH]c1=S. The zero-order chi connectivity index (χ0) is 18.8. The van der Waals surface area contributed by atoms with Crippen LogP contribution in [0.15, 0.2) is 18.2 Å². The number of alkyl halides is 3. The summed E-state index contributed by atoms with van der Waals surface area (Å²) in [6.07, 6.45) is -4.41. The molecule has 0 saturated heterocycles. The summed E-state index contributed by atoms with van der Waals surface area (Å²) in [6.45, 7) is 3.95. The normalized spacial score (nSPS) is 11.8. The van der Waals surface area contributed by atoms with Crippen molar-refractivity contribution in [3.63, 3.8) is 0 Å². The monoisotopic (exact) mass is 376 g/mol. The average Bonchev–Trinajstić information content (AvgIpc) is 2.86. The number of nitrogens with one attached hydrogen (secondary N) is 2. The molecule has 2 aromatic rings. The number of halogens is 4. The molecule has 2 rings (SSSR count). The first kappa shape index (κ1) is 19.1. The van der Waals surface area contributed by atoms with Gasteiger partial charge in [0.05, 0.1) is 5.56 Å². The highest BCUT2D eigenvalue weighted by Crippen LogP contribution is 2.30. The Hall–Kier alpha value is -2.23. The van der Waals surface area contributed by atoms with E-state index in [0.29, 0.717) is 29.1 Å². The van der Waals surface area contributed by atoms with Crippen molar-refractivity contribution in [2.75, 3.05) is 6.54 Å². The fourth-order valence-corrected chi connectivity index (χ4v) is 2.68. The van der Waals surface area contributed by atoms with E-state index >= 15 is 0 Å². The molecular weight excluding hydrogens is 360 g/mol. The van der Waals surface area contributed by atoms with Gasteiger partial charge in [0.15, 0.2) is 4.77 Å². The molecular formula is C15H16F4N4OS. The summed E-state index contributed by atoms with van der Waals surface area (Å²) in [5, 5.41) is 9.16. The van der Waals surface area contributed by atoms with E-state index in [0.717, 1.165) is 6.07 Å². The molecule has 1 aromatic heterocycles. The lowest BCUT2D eigenvalue weighted by atomic mass is 10.1. The zero-order valence-electron chi connectivity index (χ0n) is 13.4. The summed E-state index contributed by atoms with van der Waals surface area (Å²) in [5.41, 5.74) is -1.60. The van der Waals surface area contributed by atoms with Gasteiger partial charge < -0.3 is 9.88 Å². The maximum absolute atomic E-state index is 13.3. The van der Waals surface area contributed by atoms with Gasteiger partial charge in [0.1, 0.15) is 11.6 Å². The molecule has 0 aliphatic carbocycles. The smallest absolute Gasteiger partial charge is 0.352 e. The summed E-state index contributed by atoms with van der Waals surface area (Å²) in [4.78, 5) is 12.0. The van der Waals surface area contributed by atoms with Crippen LogP contribution in [-0.2, 0) is 12.6 Å². The van der Waals surface area contributed by atoms with Gasteiger partial charge in [0.2, 0.25) is 0 Å². The molecule has 0 radical (unpaired) electrons. The number of carbonyl (C=O) groups excluding carboxylic acids is 1. The van der Waals surface area contributed by atoms with E-state index in [2.05, 4.69) is 15.5 Å². The predicted octanol–water partition coefficient (Wildman–Crippen LogP) is 3.65. The maximum Gasteiger partial charge on any atom is 0.416 e. The fourth-order valence-electron chi connectivity index (χ4n) is 2.32. The van der Waals surface area contributed by atoms with Crippen LogP contribution in [0.5, 0.6) is 0 Å². The van der Waals surface area contributed by atoms with Gasteiger partial charge in [-0.15, -0.1) is 0 Å². The van der Waals surface area contributed by atoms with Crippen molar-refractivity contribution in [3.05, 3.63) is 45.7 Å². The summed E-state index contributed by atoms with van der Waals surface area (Å²) < 4.78 is 53.6. The minimum Gasteiger partial charge on any atom is -0.352 e. The molecule has 2 N–H and O–H groups in total. The molecule has 0 atom stereocenters. The van der Waals surface area contributed by atoms with E-state index < -0.39 is 29.0 Å². The minimum atomic E-state index is -4.73. The van der Waals surface area contributed by atoms with Gasteiger partial charge in [0.25, 0.3) is 5.91 Å². The van der Waals surface area contributed by atoms with Crippen LogP contribution in [0, 0.1) is 10.6 Å². The number of amides is 1. The second-order valence-corrected chi connectivity index (χ2v) is 6.03. The van der Waals surface area contributed by atoms with Crippen LogP contribution in [0.4, 0.5) is 17.6 Å². The van der Waals surface area contributed by atoms with Gasteiger partial charge in [0, 0.05) is 24.6 Å². The largest absolute Gasteiger partial charge is 0.416 e. The first-order chi connectivity index (χ1) is 11.6. The molecule has 0 aliphatic rings. The molecule has 1 aromatic carbocycles. The van der Waals surface area contributed by atoms with Crippen molar-refractivity contribution in [2.24, 2.45) is 0 Å². The third-order valence-corrected chi connectivity index (χ3v) is 3.70. The number of aromatic nitrogens is 3. The van der Waals surface area contributed by atoms with E-state index in [1.54, 1.807) is 4.57 Å². The van der Waals surface area contributed by atoms with Gasteiger partial charge in [-0.2, -0.15) is 18.3 Å². The third-order valence-electron chi connectivity index (χ3n) is 3.42. The molecule has 5 nitrogen and oxygen atoms in total. The van der Waals surface area contributed by atoms with Crippen LogP contribution in [0.3, 0.4) is 0 Å². The van der Waals surface area contributed by atoms with Crippen molar-refractivity contribution in [1.29, 1.82) is 0 Å². The van der Waals surface area contributed by atoms with E-state index in [1.807, 2.05) is 13.8 Å². The second kappa shape index (κ2) is 7.34. The Morgan fingerprint density at radius 3 is 2.64 bits per heavy atom. The van der Waals surface area contributed by atoms with Gasteiger partial charge in [-0.1, -0.05) is 0 Å². The van der Waals surface area contributed by atoms with Crippen molar-refractivity contribution in [2.45, 2.75) is 32.5 Å². The number of H-pyrrole nitrogens is 1. The molecule has 136 valence electrons. The number of rotatable bonds is 5. The van der Waals surface area contributed by atoms with E-state index in [-0.39, 0.29) is 12.6 Å². The second-order valence-electron chi connectivity index (χ2n) is 5.64. The van der Waals surface area contributed by atoms with Crippen molar-refractivity contribution in [3.8, 4) is 0 Å². The summed E-state index contributed by atoms with van der Waals surface area (Å²) in [6, 6.07) is 1.78. The lowest BCUT2D eigenvalue weighted by Crippen LogP contribution is -2.27. The summed E-state index contributed by atoms with van der Waals surface area (Å²) in [5.74, 6) is -1.31. The van der Waals surface area contributed by atoms with Crippen molar-refractivity contribution < 1.29 is 22.4 Å². The Kier molecular flexibility index (Phi) is 5.61. The number of hydrogen-bond donors (Lipinski definition) is 2. The summed E-state index contributed by atoms with van der Waals surface area (Å²) >= 11 is 5.10. The van der Waals surface area contributed by atoms with Crippen molar-refractivity contribution >= 4 is 18.1 Å². The molecule has 0 fully saturated rings. The maximum atomic E-state index is 13.3. The van der Waals surface area contributed by atoms with Crippen LogP contribution < -0.4 is 5.32 Å². The Morgan fingerprint density at radius 2 is 2.04 bits per heavy atom. The molecule has 0 aliphatic heterocycles. The number of carbonyl (C=O) groups is 1. The standard InChI is InChI=1S/C15H16F4N4OS/c1-8(2)23-12(21-22-14(23)25)3-4-20-13(24)9-5-10(15(17,18)19)7-11(16)6-9/h5-8H,3-4H2,1-2H3,(H,20,24)(H,22,25). The summed E-state index contributed by atoms with van der Waals surface area (Å²) in [7, 11) is 0. The first-order valence-electron chi connectivity index (χ1n) is 7.41. The third kappa shape index (κ3) is 4.65. The zero-order valence-corrected chi connectivity index (χ0v) is 14.3. The van der Waals surface area contributed by atoms with Crippen molar-refractivity contribution in [1.82, 2.24) is 20.1 Å². The highest BCUT2D eigenvalue weighted by atomic mass is 32.1. The molecule has 1 amide bonds. The molecule has 1 heterocycles. The molecule has 0 spiro atoms. The van der Waals surface area contributed by atoms with Crippen LogP contribution >= 0.6 is 12.2 Å². The molecule has 0 bridgehead atoms. The van der Waals surface area contributed by atoms with E-state index in [1.165, 1.54) is 0 Å². The van der Waals surface area contributed by atoms with Gasteiger partial charge in [-0.05, 0) is 44.3 Å². The van der Waals surface area contributed by atoms with Gasteiger partial charge in [-0.25, -0.2) is 4.39 Å². The first-order valence-corrected chi connectivity index (χ1v) is 7.82. The number of aromatic amines is 1. The van der Waals surface area contributed by atoms with Crippen LogP contribution in [0.2, 0.25) is 0 Å². The average molecular weight is 376 g/mol. The number of benzene rings is 1. The Bertz CT molecular complexity index is 826. The highest BCUT2D eigenvalue weighted by Gasteiger charge is 2.32. The van der Waals surface area contributed by atoms with Gasteiger partial charge in [-0.3, -0.25) is 9.89 Å². The van der Waals surface area contributed by atoms with E-state index in [4.69, 9.17) is 12.2 Å². The van der Waals surface area contributed by atoms with Crippen LogP contribution in [-0.4, -0.2) is 27.2 Å².